The number of ketones is 1. The van der Waals surface area contributed by atoms with E-state index in [4.69, 9.17) is 0 Å². The summed E-state index contributed by atoms with van der Waals surface area (Å²) < 4.78 is 4.12. The number of nitrogens with one attached hydrogen (secondary N) is 1. The first kappa shape index (κ1) is 8.77. The van der Waals surface area contributed by atoms with Crippen LogP contribution in [0, 0.1) is 0 Å². The molecule has 0 amide bonds. The number of Topliss-reactive ketones (excluding diaryl/α,β-unsaturated/α-hetero) is 1. The summed E-state index contributed by atoms with van der Waals surface area (Å²) in [5.41, 5.74) is 1.70. The number of hydrogen-bond acceptors (Lipinski definition) is 5. The van der Waals surface area contributed by atoms with Crippen LogP contribution in [0.25, 0.3) is 0 Å². The van der Waals surface area contributed by atoms with Gasteiger partial charge in [-0.05, 0) is 18.5 Å². The van der Waals surface area contributed by atoms with Gasteiger partial charge in [-0.2, -0.15) is 4.37 Å². The van der Waals surface area contributed by atoms with Crippen LogP contribution in [-0.4, -0.2) is 21.2 Å². The van der Waals surface area contributed by atoms with E-state index < -0.39 is 0 Å². The second kappa shape index (κ2) is 3.51. The zero-order valence-electron chi connectivity index (χ0n) is 7.36. The van der Waals surface area contributed by atoms with E-state index >= 15 is 0 Å². The van der Waals surface area contributed by atoms with Crippen molar-refractivity contribution >= 4 is 17.3 Å². The van der Waals surface area contributed by atoms with Crippen LogP contribution in [0.1, 0.15) is 31.6 Å². The van der Waals surface area contributed by atoms with Crippen molar-refractivity contribution in [2.24, 2.45) is 0 Å². The van der Waals surface area contributed by atoms with Gasteiger partial charge in [-0.1, -0.05) is 0 Å². The summed E-state index contributed by atoms with van der Waals surface area (Å²) in [7, 11) is 0. The summed E-state index contributed by atoms with van der Waals surface area (Å²) in [5.74, 6) is 1.05. The molecule has 0 saturated carbocycles. The molecule has 2 heterocycles. The number of carbonyl (C=O) groups excluding carboxylic acids is 1. The first-order valence-corrected chi connectivity index (χ1v) is 5.13. The fraction of sp³-hybridized carbons (Fsp3) is 0.625. The molecule has 1 aliphatic rings. The van der Waals surface area contributed by atoms with E-state index in [1.807, 2.05) is 6.92 Å². The third-order valence-corrected chi connectivity index (χ3v) is 2.63. The molecule has 2 rings (SSSR count). The first-order valence-electron chi connectivity index (χ1n) is 4.29. The highest BCUT2D eigenvalue weighted by molar-refractivity contribution is 7.03. The standard InChI is InChI=1S/C8H11N3OS/c1-5-2-6(12)3-7(10-5)8-9-4-13-11-8/h4-5,7,10H,2-3H2,1H3. The van der Waals surface area contributed by atoms with Crippen molar-refractivity contribution in [3.05, 3.63) is 11.3 Å². The zero-order chi connectivity index (χ0) is 9.26. The van der Waals surface area contributed by atoms with Crippen LogP contribution < -0.4 is 5.32 Å². The van der Waals surface area contributed by atoms with Gasteiger partial charge < -0.3 is 5.32 Å². The third-order valence-electron chi connectivity index (χ3n) is 2.14. The van der Waals surface area contributed by atoms with E-state index in [1.54, 1.807) is 5.51 Å². The Labute approximate surface area is 80.5 Å². The molecule has 0 bridgehead atoms. The van der Waals surface area contributed by atoms with Crippen molar-refractivity contribution in [1.82, 2.24) is 14.7 Å². The fourth-order valence-corrected chi connectivity index (χ4v) is 2.10. The lowest BCUT2D eigenvalue weighted by molar-refractivity contribution is -0.121. The van der Waals surface area contributed by atoms with Gasteiger partial charge in [-0.3, -0.25) is 4.79 Å². The smallest absolute Gasteiger partial charge is 0.159 e. The van der Waals surface area contributed by atoms with E-state index in [9.17, 15) is 4.79 Å². The van der Waals surface area contributed by atoms with E-state index in [-0.39, 0.29) is 12.1 Å². The molecule has 70 valence electrons. The van der Waals surface area contributed by atoms with Gasteiger partial charge in [0, 0.05) is 18.9 Å². The van der Waals surface area contributed by atoms with Gasteiger partial charge >= 0.3 is 0 Å². The highest BCUT2D eigenvalue weighted by Crippen LogP contribution is 2.20. The van der Waals surface area contributed by atoms with Gasteiger partial charge in [0.05, 0.1) is 6.04 Å². The average molecular weight is 197 g/mol. The number of carbonyl (C=O) groups is 1. The summed E-state index contributed by atoms with van der Waals surface area (Å²) in [5, 5.41) is 3.31. The van der Waals surface area contributed by atoms with Crippen LogP contribution in [0.3, 0.4) is 0 Å². The number of hydrogen-bond donors (Lipinski definition) is 1. The quantitative estimate of drug-likeness (QED) is 0.727. The molecule has 13 heavy (non-hydrogen) atoms. The van der Waals surface area contributed by atoms with E-state index in [2.05, 4.69) is 14.7 Å². The number of rotatable bonds is 1. The molecular formula is C8H11N3OS. The lowest BCUT2D eigenvalue weighted by Gasteiger charge is -2.25. The second-order valence-corrected chi connectivity index (χ2v) is 3.96. The highest BCUT2D eigenvalue weighted by Gasteiger charge is 2.26. The summed E-state index contributed by atoms with van der Waals surface area (Å²) >= 11 is 1.32. The van der Waals surface area contributed by atoms with Crippen LogP contribution >= 0.6 is 11.5 Å². The van der Waals surface area contributed by atoms with Gasteiger partial charge in [-0.15, -0.1) is 0 Å². The van der Waals surface area contributed by atoms with Crippen molar-refractivity contribution in [3.63, 3.8) is 0 Å². The molecule has 1 N–H and O–H groups in total. The Bertz CT molecular complexity index is 298. The van der Waals surface area contributed by atoms with Gasteiger partial charge in [0.2, 0.25) is 0 Å². The van der Waals surface area contributed by atoms with Crippen LogP contribution in [0.15, 0.2) is 5.51 Å². The molecule has 1 aromatic heterocycles. The molecule has 0 spiro atoms. The first-order chi connectivity index (χ1) is 6.25. The van der Waals surface area contributed by atoms with E-state index in [1.165, 1.54) is 11.5 Å². The van der Waals surface area contributed by atoms with Crippen molar-refractivity contribution in [1.29, 1.82) is 0 Å². The number of nitrogens with zero attached hydrogens (tertiary/aromatic N) is 2. The second-order valence-electron chi connectivity index (χ2n) is 3.36. The van der Waals surface area contributed by atoms with Gasteiger partial charge in [0.25, 0.3) is 0 Å². The predicted octanol–water partition coefficient (Wildman–Crippen LogP) is 0.920. The summed E-state index contributed by atoms with van der Waals surface area (Å²) in [6, 6.07) is 0.275. The van der Waals surface area contributed by atoms with Gasteiger partial charge in [-0.25, -0.2) is 4.98 Å². The molecule has 1 fully saturated rings. The fourth-order valence-electron chi connectivity index (χ4n) is 1.61. The summed E-state index contributed by atoms with van der Waals surface area (Å²) in [6.07, 6.45) is 1.15. The van der Waals surface area contributed by atoms with Crippen LogP contribution in [0.4, 0.5) is 0 Å². The maximum atomic E-state index is 11.3. The maximum absolute atomic E-state index is 11.3. The van der Waals surface area contributed by atoms with E-state index in [0.717, 1.165) is 5.82 Å². The minimum absolute atomic E-state index is 0.0301. The molecule has 5 heteroatoms. The van der Waals surface area contributed by atoms with E-state index in [0.29, 0.717) is 18.6 Å². The maximum Gasteiger partial charge on any atom is 0.159 e. The molecule has 0 aliphatic carbocycles. The highest BCUT2D eigenvalue weighted by atomic mass is 32.1. The topological polar surface area (TPSA) is 54.9 Å². The van der Waals surface area contributed by atoms with Crippen molar-refractivity contribution in [2.45, 2.75) is 31.8 Å². The summed E-state index contributed by atoms with van der Waals surface area (Å²) in [4.78, 5) is 15.4. The molecule has 0 aromatic carbocycles. The Kier molecular flexibility index (Phi) is 2.37. The lowest BCUT2D eigenvalue weighted by atomic mass is 9.98. The Morgan fingerprint density at radius 3 is 3.08 bits per heavy atom. The van der Waals surface area contributed by atoms with Crippen molar-refractivity contribution < 1.29 is 4.79 Å². The Morgan fingerprint density at radius 1 is 1.62 bits per heavy atom. The predicted molar refractivity (Wildman–Crippen MR) is 49.5 cm³/mol. The molecular weight excluding hydrogens is 186 g/mol. The average Bonchev–Trinajstić information content (AvgIpc) is 2.53. The molecule has 1 aromatic rings. The minimum Gasteiger partial charge on any atom is -0.304 e. The molecule has 2 atom stereocenters. The van der Waals surface area contributed by atoms with Crippen LogP contribution in [-0.2, 0) is 4.79 Å². The molecule has 1 aliphatic heterocycles. The van der Waals surface area contributed by atoms with Gasteiger partial charge in [0.1, 0.15) is 11.3 Å². The van der Waals surface area contributed by atoms with Crippen molar-refractivity contribution in [3.8, 4) is 0 Å². The Morgan fingerprint density at radius 2 is 2.46 bits per heavy atom. The van der Waals surface area contributed by atoms with Crippen LogP contribution in [0.2, 0.25) is 0 Å². The third kappa shape index (κ3) is 1.92. The van der Waals surface area contributed by atoms with Crippen LogP contribution in [0.5, 0.6) is 0 Å². The largest absolute Gasteiger partial charge is 0.304 e. The Hall–Kier alpha value is -0.810. The lowest BCUT2D eigenvalue weighted by Crippen LogP contribution is -2.39. The summed E-state index contributed by atoms with van der Waals surface area (Å²) in [6.45, 7) is 2.01. The molecule has 2 unspecified atom stereocenters. The van der Waals surface area contributed by atoms with Gasteiger partial charge in [0.15, 0.2) is 5.82 Å². The monoisotopic (exact) mass is 197 g/mol. The molecule has 4 nitrogen and oxygen atoms in total. The Balaban J connectivity index is 2.12. The number of piperidine rings is 1. The minimum atomic E-state index is 0.0301. The zero-order valence-corrected chi connectivity index (χ0v) is 8.17. The number of aromatic nitrogens is 2. The SMILES string of the molecule is CC1CC(=O)CC(c2ncsn2)N1. The molecule has 1 saturated heterocycles. The van der Waals surface area contributed by atoms with Crippen molar-refractivity contribution in [2.75, 3.05) is 0 Å². The molecule has 0 radical (unpaired) electrons. The normalized spacial score (nSPS) is 29.2.